The average Bonchev–Trinajstić information content (AvgIpc) is 3.34. The van der Waals surface area contributed by atoms with Gasteiger partial charge in [-0.25, -0.2) is 0 Å². The van der Waals surface area contributed by atoms with Crippen LogP contribution in [0.15, 0.2) is 48.5 Å². The number of benzene rings is 2. The van der Waals surface area contributed by atoms with Crippen LogP contribution in [0.1, 0.15) is 41.3 Å². The highest BCUT2D eigenvalue weighted by Gasteiger charge is 2.44. The van der Waals surface area contributed by atoms with Gasteiger partial charge in [0.25, 0.3) is 5.91 Å². The molecule has 0 saturated carbocycles. The van der Waals surface area contributed by atoms with Crippen molar-refractivity contribution in [3.8, 4) is 6.07 Å². The number of amides is 2. The molecule has 4 rings (SSSR count). The topological polar surface area (TPSA) is 76.4 Å². The van der Waals surface area contributed by atoms with E-state index in [4.69, 9.17) is 5.26 Å². The molecule has 2 aliphatic heterocycles. The average molecular weight is 499 g/mol. The zero-order valence-electron chi connectivity index (χ0n) is 20.1. The van der Waals surface area contributed by atoms with Crippen LogP contribution in [0.25, 0.3) is 0 Å². The van der Waals surface area contributed by atoms with Crippen LogP contribution < -0.4 is 10.2 Å². The molecule has 2 aliphatic rings. The minimum Gasteiger partial charge on any atom is -0.372 e. The zero-order chi connectivity index (χ0) is 25.9. The molecule has 9 heteroatoms. The molecule has 2 amide bonds. The van der Waals surface area contributed by atoms with Gasteiger partial charge in [-0.15, -0.1) is 0 Å². The third-order valence-electron chi connectivity index (χ3n) is 7.30. The van der Waals surface area contributed by atoms with Crippen LogP contribution in [-0.4, -0.2) is 49.4 Å². The highest BCUT2D eigenvalue weighted by atomic mass is 19.4. The number of nitrogens with one attached hydrogen (secondary N) is 1. The highest BCUT2D eigenvalue weighted by molar-refractivity contribution is 5.95. The van der Waals surface area contributed by atoms with E-state index in [9.17, 15) is 22.8 Å². The number of nitrogens with zero attached hydrogens (tertiary/aromatic N) is 3. The third kappa shape index (κ3) is 5.32. The second-order valence-corrected chi connectivity index (χ2v) is 9.41. The Morgan fingerprint density at radius 1 is 1.08 bits per heavy atom. The lowest BCUT2D eigenvalue weighted by atomic mass is 9.78. The summed E-state index contributed by atoms with van der Waals surface area (Å²) >= 11 is 0. The van der Waals surface area contributed by atoms with Crippen LogP contribution in [0.2, 0.25) is 0 Å². The van der Waals surface area contributed by atoms with Crippen LogP contribution in [0.3, 0.4) is 0 Å². The summed E-state index contributed by atoms with van der Waals surface area (Å²) in [6.45, 7) is 4.29. The molecule has 2 unspecified atom stereocenters. The molecule has 0 aromatic heterocycles. The van der Waals surface area contributed by atoms with Gasteiger partial charge in [0.1, 0.15) is 0 Å². The van der Waals surface area contributed by atoms with Crippen molar-refractivity contribution in [2.24, 2.45) is 17.8 Å². The maximum Gasteiger partial charge on any atom is 0.417 e. The molecule has 0 bridgehead atoms. The Balaban J connectivity index is 1.48. The fourth-order valence-corrected chi connectivity index (χ4v) is 5.47. The van der Waals surface area contributed by atoms with Crippen molar-refractivity contribution in [1.29, 1.82) is 5.26 Å². The first-order valence-corrected chi connectivity index (χ1v) is 12.2. The van der Waals surface area contributed by atoms with Crippen LogP contribution in [0, 0.1) is 29.1 Å². The Bertz CT molecular complexity index is 1140. The summed E-state index contributed by atoms with van der Waals surface area (Å²) in [4.78, 5) is 29.6. The fraction of sp³-hybridized carbons (Fsp3) is 0.444. The molecule has 1 N–H and O–H groups in total. The number of hydrogen-bond acceptors (Lipinski definition) is 4. The number of carbonyl (C=O) groups is 2. The normalized spacial score (nSPS) is 20.8. The number of rotatable bonds is 5. The zero-order valence-corrected chi connectivity index (χ0v) is 20.1. The van der Waals surface area contributed by atoms with Gasteiger partial charge in [0.2, 0.25) is 5.91 Å². The van der Waals surface area contributed by atoms with Gasteiger partial charge in [-0.1, -0.05) is 18.2 Å². The largest absolute Gasteiger partial charge is 0.417 e. The van der Waals surface area contributed by atoms with Gasteiger partial charge in [-0.3, -0.25) is 9.59 Å². The molecular weight excluding hydrogens is 469 g/mol. The quantitative estimate of drug-likeness (QED) is 0.666. The number of piperidine rings is 1. The van der Waals surface area contributed by atoms with Crippen LogP contribution in [0.4, 0.5) is 18.9 Å². The Kier molecular flexibility index (Phi) is 7.53. The minimum atomic E-state index is -4.60. The van der Waals surface area contributed by atoms with E-state index >= 15 is 0 Å². The van der Waals surface area contributed by atoms with E-state index in [1.165, 1.54) is 6.07 Å². The summed E-state index contributed by atoms with van der Waals surface area (Å²) in [5.74, 6) is -0.320. The number of alkyl halides is 3. The van der Waals surface area contributed by atoms with Gasteiger partial charge in [0, 0.05) is 44.0 Å². The lowest BCUT2D eigenvalue weighted by Gasteiger charge is -2.37. The second kappa shape index (κ2) is 10.6. The third-order valence-corrected chi connectivity index (χ3v) is 7.30. The molecule has 2 atom stereocenters. The predicted molar refractivity (Wildman–Crippen MR) is 129 cm³/mol. The van der Waals surface area contributed by atoms with Crippen molar-refractivity contribution < 1.29 is 22.8 Å². The van der Waals surface area contributed by atoms with Crippen LogP contribution in [0.5, 0.6) is 0 Å². The number of likely N-dealkylation sites (tertiary alicyclic amines) is 1. The van der Waals surface area contributed by atoms with Gasteiger partial charge in [-0.2, -0.15) is 18.4 Å². The van der Waals surface area contributed by atoms with Crippen molar-refractivity contribution in [2.45, 2.75) is 25.9 Å². The Morgan fingerprint density at radius 3 is 2.39 bits per heavy atom. The molecule has 2 fully saturated rings. The molecule has 2 aromatic rings. The van der Waals surface area contributed by atoms with Crippen molar-refractivity contribution in [2.75, 3.05) is 37.6 Å². The first-order chi connectivity index (χ1) is 17.2. The van der Waals surface area contributed by atoms with Gasteiger partial charge >= 0.3 is 6.18 Å². The SMILES string of the molecule is CCNC(=O)C1CN(C(=O)c2ccccc2)CC1C1CCN(c2ccc(C#N)c(C(F)(F)F)c2)CC1. The number of halogens is 3. The molecule has 6 nitrogen and oxygen atoms in total. The molecule has 0 spiro atoms. The van der Waals surface area contributed by atoms with Crippen molar-refractivity contribution in [3.05, 3.63) is 65.2 Å². The number of nitriles is 1. The van der Waals surface area contributed by atoms with Crippen molar-refractivity contribution in [1.82, 2.24) is 10.2 Å². The van der Waals surface area contributed by atoms with E-state index in [0.29, 0.717) is 56.8 Å². The van der Waals surface area contributed by atoms with Gasteiger partial charge < -0.3 is 15.1 Å². The summed E-state index contributed by atoms with van der Waals surface area (Å²) in [6.07, 6.45) is -3.19. The Labute approximate surface area is 208 Å². The Hall–Kier alpha value is -3.54. The summed E-state index contributed by atoms with van der Waals surface area (Å²) in [6, 6.07) is 14.4. The Morgan fingerprint density at radius 2 is 1.78 bits per heavy atom. The van der Waals surface area contributed by atoms with Crippen molar-refractivity contribution >= 4 is 17.5 Å². The molecule has 0 aliphatic carbocycles. The maximum absolute atomic E-state index is 13.4. The fourth-order valence-electron chi connectivity index (χ4n) is 5.47. The molecule has 2 heterocycles. The van der Waals surface area contributed by atoms with E-state index in [0.717, 1.165) is 6.07 Å². The summed E-state index contributed by atoms with van der Waals surface area (Å²) in [5, 5.41) is 12.0. The summed E-state index contributed by atoms with van der Waals surface area (Å²) in [5.41, 5.74) is -0.289. The predicted octanol–water partition coefficient (Wildman–Crippen LogP) is 4.32. The molecule has 190 valence electrons. The van der Waals surface area contributed by atoms with E-state index in [-0.39, 0.29) is 35.1 Å². The first kappa shape index (κ1) is 25.5. The van der Waals surface area contributed by atoms with Gasteiger partial charge in [-0.05, 0) is 61.9 Å². The molecule has 2 saturated heterocycles. The molecular formula is C27H29F3N4O2. The van der Waals surface area contributed by atoms with E-state index in [1.807, 2.05) is 30.0 Å². The molecule has 0 radical (unpaired) electrons. The second-order valence-electron chi connectivity index (χ2n) is 9.41. The number of anilines is 1. The maximum atomic E-state index is 13.4. The van der Waals surface area contributed by atoms with E-state index < -0.39 is 11.7 Å². The smallest absolute Gasteiger partial charge is 0.372 e. The molecule has 2 aromatic carbocycles. The minimum absolute atomic E-state index is 0.0157. The standard InChI is InChI=1S/C27H29F3N4O2/c1-2-32-25(35)23-17-34(26(36)19-6-4-3-5-7-19)16-22(23)18-10-12-33(13-11-18)21-9-8-20(15-31)24(14-21)27(28,29)30/h3-9,14,18,22-23H,2,10-13,16-17H2,1H3,(H,32,35). The first-order valence-electron chi connectivity index (χ1n) is 12.2. The van der Waals surface area contributed by atoms with Gasteiger partial charge in [0.05, 0.1) is 23.1 Å². The lowest BCUT2D eigenvalue weighted by molar-refractivity contribution is -0.137. The summed E-state index contributed by atoms with van der Waals surface area (Å²) in [7, 11) is 0. The number of carbonyl (C=O) groups excluding carboxylic acids is 2. The van der Waals surface area contributed by atoms with Crippen LogP contribution >= 0.6 is 0 Å². The van der Waals surface area contributed by atoms with Crippen molar-refractivity contribution in [3.63, 3.8) is 0 Å². The van der Waals surface area contributed by atoms with Gasteiger partial charge in [0.15, 0.2) is 0 Å². The monoisotopic (exact) mass is 498 g/mol. The summed E-state index contributed by atoms with van der Waals surface area (Å²) < 4.78 is 40.2. The van der Waals surface area contributed by atoms with E-state index in [1.54, 1.807) is 29.2 Å². The number of hydrogen-bond donors (Lipinski definition) is 1. The molecule has 36 heavy (non-hydrogen) atoms. The lowest BCUT2D eigenvalue weighted by Crippen LogP contribution is -2.41. The highest BCUT2D eigenvalue weighted by Crippen LogP contribution is 2.39. The van der Waals surface area contributed by atoms with Crippen LogP contribution in [-0.2, 0) is 11.0 Å². The van der Waals surface area contributed by atoms with E-state index in [2.05, 4.69) is 5.32 Å².